The number of hydrogen-bond acceptors (Lipinski definition) is 3. The van der Waals surface area contributed by atoms with Gasteiger partial charge in [-0.05, 0) is 38.5 Å². The molecule has 1 unspecified atom stereocenters. The maximum atomic E-state index is 12.8. The van der Waals surface area contributed by atoms with Crippen LogP contribution in [0.3, 0.4) is 0 Å². The average molecular weight is 379 g/mol. The minimum absolute atomic E-state index is 0.257. The van der Waals surface area contributed by atoms with E-state index in [9.17, 15) is 14.4 Å². The number of imide groups is 1. The normalized spacial score (nSPS) is 16.6. The topological polar surface area (TPSA) is 60.9 Å². The molecule has 0 bridgehead atoms. The molecule has 2 aromatic carbocycles. The molecule has 3 rings (SSSR count). The lowest BCUT2D eigenvalue weighted by Crippen LogP contribution is -2.42. The van der Waals surface area contributed by atoms with E-state index in [-0.39, 0.29) is 18.4 Å². The molecule has 0 aromatic heterocycles. The van der Waals surface area contributed by atoms with Crippen LogP contribution in [0.5, 0.6) is 0 Å². The van der Waals surface area contributed by atoms with Gasteiger partial charge in [0.1, 0.15) is 12.6 Å². The summed E-state index contributed by atoms with van der Waals surface area (Å²) in [7, 11) is 1.67. The van der Waals surface area contributed by atoms with Gasteiger partial charge in [-0.2, -0.15) is 0 Å². The summed E-state index contributed by atoms with van der Waals surface area (Å²) in [6.07, 6.45) is 0. The molecule has 1 heterocycles. The van der Waals surface area contributed by atoms with Crippen LogP contribution in [0.15, 0.2) is 48.5 Å². The van der Waals surface area contributed by atoms with E-state index in [1.54, 1.807) is 14.0 Å². The highest BCUT2D eigenvalue weighted by Crippen LogP contribution is 2.26. The molecule has 1 aliphatic rings. The Labute approximate surface area is 165 Å². The van der Waals surface area contributed by atoms with Gasteiger partial charge in [0.05, 0.1) is 0 Å². The van der Waals surface area contributed by atoms with Crippen molar-refractivity contribution in [1.29, 1.82) is 0 Å². The maximum Gasteiger partial charge on any atom is 0.332 e. The average Bonchev–Trinajstić information content (AvgIpc) is 2.88. The fourth-order valence-electron chi connectivity index (χ4n) is 3.22. The van der Waals surface area contributed by atoms with Crippen LogP contribution in [-0.2, 0) is 16.1 Å². The Balaban J connectivity index is 1.69. The number of rotatable bonds is 5. The summed E-state index contributed by atoms with van der Waals surface area (Å²) in [5, 5.41) is 0. The van der Waals surface area contributed by atoms with Crippen molar-refractivity contribution < 1.29 is 14.4 Å². The van der Waals surface area contributed by atoms with Gasteiger partial charge in [0.15, 0.2) is 0 Å². The van der Waals surface area contributed by atoms with Crippen molar-refractivity contribution in [1.82, 2.24) is 9.80 Å². The predicted molar refractivity (Wildman–Crippen MR) is 108 cm³/mol. The number of anilines is 1. The zero-order chi connectivity index (χ0) is 20.4. The summed E-state index contributed by atoms with van der Waals surface area (Å²) in [6, 6.07) is 14.2. The Kier molecular flexibility index (Phi) is 5.49. The molecule has 2 aromatic rings. The molecule has 0 N–H and O–H groups in total. The first-order valence-corrected chi connectivity index (χ1v) is 9.28. The van der Waals surface area contributed by atoms with Crippen molar-refractivity contribution >= 4 is 23.5 Å². The van der Waals surface area contributed by atoms with Gasteiger partial charge < -0.3 is 4.90 Å². The largest absolute Gasteiger partial charge is 0.340 e. The van der Waals surface area contributed by atoms with E-state index in [1.165, 1.54) is 9.80 Å². The van der Waals surface area contributed by atoms with Gasteiger partial charge in [0.25, 0.3) is 5.91 Å². The molecule has 1 saturated heterocycles. The third-order valence-corrected chi connectivity index (χ3v) is 5.02. The fourth-order valence-corrected chi connectivity index (χ4v) is 3.22. The molecule has 146 valence electrons. The van der Waals surface area contributed by atoms with Gasteiger partial charge in [-0.25, -0.2) is 4.79 Å². The molecule has 1 aliphatic heterocycles. The number of carbonyl (C=O) groups excluding carboxylic acids is 3. The zero-order valence-electron chi connectivity index (χ0n) is 16.7. The number of aryl methyl sites for hydroxylation is 2. The number of nitrogens with zero attached hydrogens (tertiary/aromatic N) is 3. The summed E-state index contributed by atoms with van der Waals surface area (Å²) in [5.41, 5.74) is 3.87. The monoisotopic (exact) mass is 379 g/mol. The molecule has 6 heteroatoms. The molecule has 0 radical (unpaired) electrons. The quantitative estimate of drug-likeness (QED) is 0.750. The lowest BCUT2D eigenvalue weighted by molar-refractivity contribution is -0.136. The standard InChI is InChI=1S/C22H25N3O3/c1-15-5-9-18(10-6-15)13-23(4)20(26)14-24-21(27)17(3)25(22(24)28)19-11-7-16(2)8-12-19/h5-12,17H,13-14H2,1-4H3. The van der Waals surface area contributed by atoms with E-state index >= 15 is 0 Å². The maximum absolute atomic E-state index is 12.8. The van der Waals surface area contributed by atoms with Crippen LogP contribution in [0.1, 0.15) is 23.6 Å². The minimum atomic E-state index is -0.634. The second-order valence-corrected chi connectivity index (χ2v) is 7.32. The summed E-state index contributed by atoms with van der Waals surface area (Å²) < 4.78 is 0. The van der Waals surface area contributed by atoms with Gasteiger partial charge >= 0.3 is 6.03 Å². The fraction of sp³-hybridized carbons (Fsp3) is 0.318. The highest BCUT2D eigenvalue weighted by atomic mass is 16.2. The second-order valence-electron chi connectivity index (χ2n) is 7.32. The third kappa shape index (κ3) is 3.91. The number of hydrogen-bond donors (Lipinski definition) is 0. The first kappa shape index (κ1) is 19.6. The summed E-state index contributed by atoms with van der Waals surface area (Å²) in [5.74, 6) is -0.636. The van der Waals surface area contributed by atoms with Crippen molar-refractivity contribution in [2.45, 2.75) is 33.4 Å². The molecule has 1 fully saturated rings. The first-order valence-electron chi connectivity index (χ1n) is 9.28. The highest BCUT2D eigenvalue weighted by molar-refractivity contribution is 6.15. The number of amides is 4. The first-order chi connectivity index (χ1) is 13.3. The molecular weight excluding hydrogens is 354 g/mol. The number of benzene rings is 2. The Morgan fingerprint density at radius 1 is 0.964 bits per heavy atom. The number of likely N-dealkylation sites (N-methyl/N-ethyl adjacent to an activating group) is 1. The molecule has 0 aliphatic carbocycles. The molecular formula is C22H25N3O3. The highest BCUT2D eigenvalue weighted by Gasteiger charge is 2.44. The van der Waals surface area contributed by atoms with Gasteiger partial charge in [-0.1, -0.05) is 47.5 Å². The Morgan fingerprint density at radius 3 is 2.07 bits per heavy atom. The van der Waals surface area contributed by atoms with E-state index < -0.39 is 12.1 Å². The molecule has 0 saturated carbocycles. The third-order valence-electron chi connectivity index (χ3n) is 5.02. The van der Waals surface area contributed by atoms with Crippen molar-refractivity contribution in [3.8, 4) is 0 Å². The lowest BCUT2D eigenvalue weighted by atomic mass is 10.1. The van der Waals surface area contributed by atoms with Crippen molar-refractivity contribution in [3.05, 3.63) is 65.2 Å². The molecule has 0 spiro atoms. The Morgan fingerprint density at radius 2 is 1.50 bits per heavy atom. The molecule has 28 heavy (non-hydrogen) atoms. The number of urea groups is 1. The lowest BCUT2D eigenvalue weighted by Gasteiger charge is -2.21. The second kappa shape index (κ2) is 7.84. The van der Waals surface area contributed by atoms with Crippen LogP contribution >= 0.6 is 0 Å². The Bertz CT molecular complexity index is 890. The van der Waals surface area contributed by atoms with Gasteiger partial charge in [0, 0.05) is 19.3 Å². The smallest absolute Gasteiger partial charge is 0.332 e. The van der Waals surface area contributed by atoms with Crippen LogP contribution in [0.4, 0.5) is 10.5 Å². The van der Waals surface area contributed by atoms with Crippen molar-refractivity contribution in [2.75, 3.05) is 18.5 Å². The van der Waals surface area contributed by atoms with Gasteiger partial charge in [-0.3, -0.25) is 19.4 Å². The Hall–Kier alpha value is -3.15. The van der Waals surface area contributed by atoms with Crippen LogP contribution < -0.4 is 4.90 Å². The van der Waals surface area contributed by atoms with E-state index in [2.05, 4.69) is 0 Å². The van der Waals surface area contributed by atoms with E-state index in [4.69, 9.17) is 0 Å². The van der Waals surface area contributed by atoms with Crippen molar-refractivity contribution in [3.63, 3.8) is 0 Å². The van der Waals surface area contributed by atoms with Gasteiger partial charge in [-0.15, -0.1) is 0 Å². The minimum Gasteiger partial charge on any atom is -0.340 e. The van der Waals surface area contributed by atoms with Crippen molar-refractivity contribution in [2.24, 2.45) is 0 Å². The van der Waals surface area contributed by atoms with Gasteiger partial charge in [0.2, 0.25) is 5.91 Å². The van der Waals surface area contributed by atoms with E-state index in [0.717, 1.165) is 21.6 Å². The molecule has 4 amide bonds. The van der Waals surface area contributed by atoms with E-state index in [1.807, 2.05) is 62.4 Å². The van der Waals surface area contributed by atoms with E-state index in [0.29, 0.717) is 12.2 Å². The van der Waals surface area contributed by atoms with Crippen LogP contribution in [0.25, 0.3) is 0 Å². The molecule has 1 atom stereocenters. The summed E-state index contributed by atoms with van der Waals surface area (Å²) in [4.78, 5) is 42.1. The van der Waals surface area contributed by atoms with Crippen LogP contribution in [0, 0.1) is 13.8 Å². The van der Waals surface area contributed by atoms with Crippen LogP contribution in [0.2, 0.25) is 0 Å². The SMILES string of the molecule is Cc1ccc(CN(C)C(=O)CN2C(=O)C(C)N(c3ccc(C)cc3)C2=O)cc1. The van der Waals surface area contributed by atoms with Crippen LogP contribution in [-0.4, -0.2) is 47.3 Å². The molecule has 6 nitrogen and oxygen atoms in total. The predicted octanol–water partition coefficient (Wildman–Crippen LogP) is 3.12. The summed E-state index contributed by atoms with van der Waals surface area (Å²) in [6.45, 7) is 5.81. The summed E-state index contributed by atoms with van der Waals surface area (Å²) >= 11 is 0. The zero-order valence-corrected chi connectivity index (χ0v) is 16.7. The number of carbonyl (C=O) groups is 3.